The largest absolute Gasteiger partial charge is 0.733 e. The molecule has 0 aromatic heterocycles. The third-order valence-corrected chi connectivity index (χ3v) is 2.54. The van der Waals surface area contributed by atoms with E-state index in [1.807, 2.05) is 0 Å². The zero-order valence-electron chi connectivity index (χ0n) is 8.10. The van der Waals surface area contributed by atoms with Gasteiger partial charge in [0.15, 0.2) is 0 Å². The molecule has 0 unspecified atom stereocenters. The van der Waals surface area contributed by atoms with Crippen molar-refractivity contribution < 1.29 is 31.5 Å². The van der Waals surface area contributed by atoms with Crippen molar-refractivity contribution >= 4 is 21.6 Å². The first-order chi connectivity index (χ1) is 7.94. The first-order valence-corrected chi connectivity index (χ1v) is 4.88. The minimum atomic E-state index is -5.31. The average molecular weight is 339 g/mol. The van der Waals surface area contributed by atoms with E-state index in [-0.39, 0.29) is 12.1 Å². The number of hydrogen-bond donors (Lipinski definition) is 1. The number of alkyl halides is 6. The Morgan fingerprint density at radius 2 is 1.39 bits per heavy atom. The molecule has 0 fully saturated rings. The Kier molecular flexibility index (Phi) is 3.84. The number of halogens is 7. The SMILES string of the molecule is [O-]N(O)c1cc(C(F)(F)F)c(C(F)(F)F)cc1Br. The highest BCUT2D eigenvalue weighted by Gasteiger charge is 2.43. The predicted octanol–water partition coefficient (Wildman–Crippen LogP) is 4.18. The second kappa shape index (κ2) is 4.59. The van der Waals surface area contributed by atoms with Crippen molar-refractivity contribution in [1.82, 2.24) is 0 Å². The van der Waals surface area contributed by atoms with Crippen LogP contribution in [0.15, 0.2) is 16.6 Å². The van der Waals surface area contributed by atoms with Gasteiger partial charge in [0.1, 0.15) is 0 Å². The van der Waals surface area contributed by atoms with Crippen molar-refractivity contribution in [2.75, 3.05) is 5.23 Å². The summed E-state index contributed by atoms with van der Waals surface area (Å²) in [5, 5.41) is 18.0. The lowest BCUT2D eigenvalue weighted by molar-refractivity contribution is -0.162. The lowest BCUT2D eigenvalue weighted by atomic mass is 10.1. The molecule has 0 saturated heterocycles. The Morgan fingerprint density at radius 1 is 1.00 bits per heavy atom. The van der Waals surface area contributed by atoms with Crippen LogP contribution in [-0.2, 0) is 12.4 Å². The highest BCUT2D eigenvalue weighted by atomic mass is 79.9. The molecule has 1 N–H and O–H groups in total. The minimum Gasteiger partial charge on any atom is -0.733 e. The van der Waals surface area contributed by atoms with Crippen LogP contribution < -0.4 is 5.23 Å². The van der Waals surface area contributed by atoms with Crippen LogP contribution in [0.4, 0.5) is 32.0 Å². The van der Waals surface area contributed by atoms with Crippen molar-refractivity contribution in [2.24, 2.45) is 0 Å². The molecule has 0 aliphatic heterocycles. The third kappa shape index (κ3) is 3.06. The molecule has 0 atom stereocenters. The summed E-state index contributed by atoms with van der Waals surface area (Å²) in [4.78, 5) is 0. The highest BCUT2D eigenvalue weighted by Crippen LogP contribution is 2.44. The van der Waals surface area contributed by atoms with Gasteiger partial charge in [-0.15, -0.1) is 0 Å². The zero-order chi connectivity index (χ0) is 14.3. The van der Waals surface area contributed by atoms with E-state index in [2.05, 4.69) is 15.9 Å². The van der Waals surface area contributed by atoms with Gasteiger partial charge < -0.3 is 10.4 Å². The fourth-order valence-corrected chi connectivity index (χ4v) is 1.67. The summed E-state index contributed by atoms with van der Waals surface area (Å²) < 4.78 is 73.9. The summed E-state index contributed by atoms with van der Waals surface area (Å²) in [5.41, 5.74) is -4.98. The van der Waals surface area contributed by atoms with E-state index in [0.29, 0.717) is 0 Å². The summed E-state index contributed by atoms with van der Waals surface area (Å²) in [7, 11) is 0. The Balaban J connectivity index is 3.58. The summed E-state index contributed by atoms with van der Waals surface area (Å²) in [6.45, 7) is 0. The monoisotopic (exact) mass is 338 g/mol. The molecule has 0 aliphatic rings. The molecule has 10 heteroatoms. The summed E-state index contributed by atoms with van der Waals surface area (Å²) >= 11 is 2.47. The van der Waals surface area contributed by atoms with E-state index in [1.54, 1.807) is 0 Å². The van der Waals surface area contributed by atoms with Crippen LogP contribution in [0.2, 0.25) is 0 Å². The number of anilines is 1. The Morgan fingerprint density at radius 3 is 1.72 bits per heavy atom. The van der Waals surface area contributed by atoms with Crippen molar-refractivity contribution in [3.05, 3.63) is 32.9 Å². The van der Waals surface area contributed by atoms with E-state index in [1.165, 1.54) is 0 Å². The molecule has 0 radical (unpaired) electrons. The fraction of sp³-hybridized carbons (Fsp3) is 0.250. The van der Waals surface area contributed by atoms with Crippen molar-refractivity contribution in [1.29, 1.82) is 0 Å². The van der Waals surface area contributed by atoms with Gasteiger partial charge in [0.2, 0.25) is 0 Å². The maximum atomic E-state index is 12.4. The molecule has 0 heterocycles. The molecule has 0 saturated carbocycles. The van der Waals surface area contributed by atoms with Crippen molar-refractivity contribution in [2.45, 2.75) is 12.4 Å². The number of rotatable bonds is 1. The van der Waals surface area contributed by atoms with Gasteiger partial charge in [-0.1, -0.05) is 0 Å². The standard InChI is InChI=1S/C8H3BrF6NO2/c9-5-1-3(7(10,11)12)4(8(13,14)15)2-6(5)16(17)18/h1-2,17H/q-1. The van der Waals surface area contributed by atoms with Crippen LogP contribution in [0.25, 0.3) is 0 Å². The van der Waals surface area contributed by atoms with E-state index in [0.717, 1.165) is 0 Å². The number of nitrogens with zero attached hydrogens (tertiary/aromatic N) is 1. The average Bonchev–Trinajstić information content (AvgIpc) is 2.13. The maximum absolute atomic E-state index is 12.4. The third-order valence-electron chi connectivity index (χ3n) is 1.90. The van der Waals surface area contributed by atoms with Gasteiger partial charge in [0, 0.05) is 4.47 Å². The van der Waals surface area contributed by atoms with Gasteiger partial charge >= 0.3 is 12.4 Å². The second-order valence-corrected chi connectivity index (χ2v) is 3.97. The molecule has 0 bridgehead atoms. The topological polar surface area (TPSA) is 46.5 Å². The maximum Gasteiger partial charge on any atom is 0.417 e. The Hall–Kier alpha value is -1.00. The molecule has 0 aliphatic carbocycles. The van der Waals surface area contributed by atoms with Crippen LogP contribution in [0.1, 0.15) is 11.1 Å². The van der Waals surface area contributed by atoms with Crippen LogP contribution in [0.3, 0.4) is 0 Å². The molecule has 18 heavy (non-hydrogen) atoms. The van der Waals surface area contributed by atoms with Gasteiger partial charge in [-0.2, -0.15) is 26.3 Å². The molecule has 1 aromatic rings. The lowest BCUT2D eigenvalue weighted by Gasteiger charge is -2.25. The van der Waals surface area contributed by atoms with Crippen LogP contribution in [-0.4, -0.2) is 5.21 Å². The van der Waals surface area contributed by atoms with E-state index >= 15 is 0 Å². The first-order valence-electron chi connectivity index (χ1n) is 4.08. The molecule has 0 amide bonds. The van der Waals surface area contributed by atoms with Gasteiger partial charge in [-0.05, 0) is 28.1 Å². The molecular formula is C8H3BrF6NO2-. The summed E-state index contributed by atoms with van der Waals surface area (Å²) in [6.07, 6.45) is -10.6. The van der Waals surface area contributed by atoms with Gasteiger partial charge in [-0.25, -0.2) is 0 Å². The minimum absolute atomic E-state index is 0.0826. The Labute approximate surface area is 104 Å². The van der Waals surface area contributed by atoms with Crippen LogP contribution in [0, 0.1) is 5.21 Å². The molecule has 1 rings (SSSR count). The summed E-state index contributed by atoms with van der Waals surface area (Å²) in [5.74, 6) is 0. The molecule has 0 spiro atoms. The van der Waals surface area contributed by atoms with Crippen molar-refractivity contribution in [3.8, 4) is 0 Å². The van der Waals surface area contributed by atoms with E-state index in [4.69, 9.17) is 5.21 Å². The normalized spacial score (nSPS) is 12.7. The molecule has 102 valence electrons. The molecule has 1 aromatic carbocycles. The van der Waals surface area contributed by atoms with Crippen LogP contribution >= 0.6 is 15.9 Å². The first kappa shape index (κ1) is 15.1. The van der Waals surface area contributed by atoms with Crippen molar-refractivity contribution in [3.63, 3.8) is 0 Å². The number of hydrogen-bond acceptors (Lipinski definition) is 3. The van der Waals surface area contributed by atoms with E-state index < -0.39 is 38.9 Å². The zero-order valence-corrected chi connectivity index (χ0v) is 9.69. The predicted molar refractivity (Wildman–Crippen MR) is 51.8 cm³/mol. The van der Waals surface area contributed by atoms with Gasteiger partial charge in [0.25, 0.3) is 0 Å². The van der Waals surface area contributed by atoms with Gasteiger partial charge in [0.05, 0.1) is 16.8 Å². The Bertz CT molecular complexity index is 456. The van der Waals surface area contributed by atoms with Gasteiger partial charge in [-0.3, -0.25) is 5.21 Å². The van der Waals surface area contributed by atoms with E-state index in [9.17, 15) is 31.5 Å². The summed E-state index contributed by atoms with van der Waals surface area (Å²) in [6, 6.07) is -0.000810. The van der Waals surface area contributed by atoms with Crippen LogP contribution in [0.5, 0.6) is 0 Å². The molecule has 3 nitrogen and oxygen atoms in total. The highest BCUT2D eigenvalue weighted by molar-refractivity contribution is 9.10. The fourth-order valence-electron chi connectivity index (χ4n) is 1.18. The quantitative estimate of drug-likeness (QED) is 0.617. The smallest absolute Gasteiger partial charge is 0.417 e. The molecular weight excluding hydrogens is 336 g/mol. The lowest BCUT2D eigenvalue weighted by Crippen LogP contribution is -2.18. The number of benzene rings is 1. The second-order valence-electron chi connectivity index (χ2n) is 3.12.